The standard InChI is InChI=1S/C11H14BrNO3S/c1-15-8-4-10(17-7-8)11(14)13-2-3-16-9(5-12)6-13/h4,7,9H,2-3,5-6H2,1H3. The van der Waals surface area contributed by atoms with E-state index >= 15 is 0 Å². The molecule has 17 heavy (non-hydrogen) atoms. The highest BCUT2D eigenvalue weighted by Crippen LogP contribution is 2.23. The molecule has 6 heteroatoms. The summed E-state index contributed by atoms with van der Waals surface area (Å²) in [5, 5.41) is 2.60. The minimum atomic E-state index is 0.0625. The molecule has 0 saturated carbocycles. The van der Waals surface area contributed by atoms with Crippen LogP contribution in [0.15, 0.2) is 11.4 Å². The van der Waals surface area contributed by atoms with Gasteiger partial charge >= 0.3 is 0 Å². The minimum absolute atomic E-state index is 0.0625. The summed E-state index contributed by atoms with van der Waals surface area (Å²) < 4.78 is 10.6. The van der Waals surface area contributed by atoms with E-state index in [1.165, 1.54) is 11.3 Å². The highest BCUT2D eigenvalue weighted by Gasteiger charge is 2.25. The van der Waals surface area contributed by atoms with Crippen LogP contribution < -0.4 is 4.74 Å². The molecule has 1 aliphatic heterocycles. The number of morpholine rings is 1. The number of rotatable bonds is 3. The molecule has 1 aromatic heterocycles. The van der Waals surface area contributed by atoms with Crippen LogP contribution in [0.3, 0.4) is 0 Å². The molecule has 0 N–H and O–H groups in total. The molecule has 1 aliphatic rings. The van der Waals surface area contributed by atoms with Gasteiger partial charge < -0.3 is 14.4 Å². The molecule has 0 bridgehead atoms. The topological polar surface area (TPSA) is 38.8 Å². The molecule has 0 aliphatic carbocycles. The zero-order chi connectivity index (χ0) is 12.3. The van der Waals surface area contributed by atoms with Crippen LogP contribution in [-0.4, -0.2) is 49.0 Å². The van der Waals surface area contributed by atoms with Gasteiger partial charge in [0.05, 0.1) is 24.7 Å². The Kier molecular flexibility index (Phi) is 4.42. The summed E-state index contributed by atoms with van der Waals surface area (Å²) >= 11 is 4.79. The van der Waals surface area contributed by atoms with Gasteiger partial charge in [-0.15, -0.1) is 11.3 Å². The third kappa shape index (κ3) is 3.00. The lowest BCUT2D eigenvalue weighted by Crippen LogP contribution is -2.46. The first-order valence-corrected chi connectivity index (χ1v) is 7.34. The second kappa shape index (κ2) is 5.84. The fourth-order valence-corrected chi connectivity index (χ4v) is 2.90. The van der Waals surface area contributed by atoms with Crippen LogP contribution >= 0.6 is 27.3 Å². The number of alkyl halides is 1. The zero-order valence-corrected chi connectivity index (χ0v) is 11.9. The highest BCUT2D eigenvalue weighted by atomic mass is 79.9. The SMILES string of the molecule is COc1csc(C(=O)N2CCOC(CBr)C2)c1. The van der Waals surface area contributed by atoms with Gasteiger partial charge in [-0.25, -0.2) is 0 Å². The Morgan fingerprint density at radius 2 is 2.59 bits per heavy atom. The van der Waals surface area contributed by atoms with Crippen LogP contribution in [-0.2, 0) is 4.74 Å². The lowest BCUT2D eigenvalue weighted by molar-refractivity contribution is -0.00946. The van der Waals surface area contributed by atoms with Crippen molar-refractivity contribution in [1.29, 1.82) is 0 Å². The molecule has 2 heterocycles. The fourth-order valence-electron chi connectivity index (χ4n) is 1.69. The van der Waals surface area contributed by atoms with Gasteiger partial charge in [0, 0.05) is 29.9 Å². The van der Waals surface area contributed by atoms with E-state index in [0.29, 0.717) is 19.7 Å². The number of hydrogen-bond acceptors (Lipinski definition) is 4. The predicted molar refractivity (Wildman–Crippen MR) is 70.3 cm³/mol. The first kappa shape index (κ1) is 12.9. The molecule has 0 spiro atoms. The third-order valence-corrected chi connectivity index (χ3v) is 4.24. The summed E-state index contributed by atoms with van der Waals surface area (Å²) in [4.78, 5) is 14.8. The molecular weight excluding hydrogens is 306 g/mol. The number of ether oxygens (including phenoxy) is 2. The molecule has 94 valence electrons. The average Bonchev–Trinajstić information content (AvgIpc) is 2.86. The molecule has 1 saturated heterocycles. The number of nitrogens with zero attached hydrogens (tertiary/aromatic N) is 1. The van der Waals surface area contributed by atoms with Crippen molar-refractivity contribution < 1.29 is 14.3 Å². The van der Waals surface area contributed by atoms with E-state index in [9.17, 15) is 4.79 Å². The maximum Gasteiger partial charge on any atom is 0.264 e. The molecule has 0 radical (unpaired) electrons. The number of halogens is 1. The number of methoxy groups -OCH3 is 1. The zero-order valence-electron chi connectivity index (χ0n) is 9.52. The first-order chi connectivity index (χ1) is 8.24. The molecule has 0 aromatic carbocycles. The van der Waals surface area contributed by atoms with E-state index in [-0.39, 0.29) is 12.0 Å². The molecule has 1 aromatic rings. The van der Waals surface area contributed by atoms with Crippen LogP contribution in [0.2, 0.25) is 0 Å². The Hall–Kier alpha value is -0.590. The molecule has 1 amide bonds. The molecular formula is C11H14BrNO3S. The largest absolute Gasteiger partial charge is 0.496 e. The van der Waals surface area contributed by atoms with Gasteiger partial charge in [-0.05, 0) is 0 Å². The Balaban J connectivity index is 2.03. The van der Waals surface area contributed by atoms with Crippen LogP contribution in [0.4, 0.5) is 0 Å². The van der Waals surface area contributed by atoms with E-state index in [1.807, 2.05) is 10.3 Å². The van der Waals surface area contributed by atoms with Crippen molar-refractivity contribution in [1.82, 2.24) is 4.90 Å². The average molecular weight is 320 g/mol. The Morgan fingerprint density at radius 1 is 1.76 bits per heavy atom. The Bertz CT molecular complexity index is 396. The number of carbonyl (C=O) groups excluding carboxylic acids is 1. The van der Waals surface area contributed by atoms with E-state index in [4.69, 9.17) is 9.47 Å². The van der Waals surface area contributed by atoms with Gasteiger partial charge in [0.25, 0.3) is 5.91 Å². The van der Waals surface area contributed by atoms with Crippen molar-refractivity contribution in [3.05, 3.63) is 16.3 Å². The smallest absolute Gasteiger partial charge is 0.264 e. The van der Waals surface area contributed by atoms with E-state index in [1.54, 1.807) is 13.2 Å². The van der Waals surface area contributed by atoms with Gasteiger partial charge in [-0.1, -0.05) is 15.9 Å². The van der Waals surface area contributed by atoms with Crippen LogP contribution in [0.1, 0.15) is 9.67 Å². The van der Waals surface area contributed by atoms with Gasteiger partial charge in [0.15, 0.2) is 0 Å². The molecule has 1 fully saturated rings. The maximum atomic E-state index is 12.2. The highest BCUT2D eigenvalue weighted by molar-refractivity contribution is 9.09. The van der Waals surface area contributed by atoms with Crippen molar-refractivity contribution in [2.75, 3.05) is 32.1 Å². The minimum Gasteiger partial charge on any atom is -0.496 e. The summed E-state index contributed by atoms with van der Waals surface area (Å²) in [5.74, 6) is 0.802. The fraction of sp³-hybridized carbons (Fsp3) is 0.545. The van der Waals surface area contributed by atoms with Gasteiger partial charge in [0.2, 0.25) is 0 Å². The van der Waals surface area contributed by atoms with Crippen LogP contribution in [0.5, 0.6) is 5.75 Å². The van der Waals surface area contributed by atoms with Crippen molar-refractivity contribution in [2.24, 2.45) is 0 Å². The van der Waals surface area contributed by atoms with Crippen molar-refractivity contribution >= 4 is 33.2 Å². The Morgan fingerprint density at radius 3 is 3.24 bits per heavy atom. The summed E-state index contributed by atoms with van der Waals surface area (Å²) in [5.41, 5.74) is 0. The number of hydrogen-bond donors (Lipinski definition) is 0. The van der Waals surface area contributed by atoms with Crippen LogP contribution in [0.25, 0.3) is 0 Å². The second-order valence-electron chi connectivity index (χ2n) is 3.75. The number of thiophene rings is 1. The van der Waals surface area contributed by atoms with Gasteiger partial charge in [-0.3, -0.25) is 4.79 Å². The summed E-state index contributed by atoms with van der Waals surface area (Å²) in [7, 11) is 1.60. The number of amides is 1. The summed E-state index contributed by atoms with van der Waals surface area (Å²) in [6.07, 6.45) is 0.0922. The van der Waals surface area contributed by atoms with Crippen molar-refractivity contribution in [3.63, 3.8) is 0 Å². The molecule has 4 nitrogen and oxygen atoms in total. The number of carbonyl (C=O) groups is 1. The van der Waals surface area contributed by atoms with E-state index in [2.05, 4.69) is 15.9 Å². The Labute approximate surface area is 113 Å². The molecule has 1 unspecified atom stereocenters. The van der Waals surface area contributed by atoms with Crippen molar-refractivity contribution in [2.45, 2.75) is 6.10 Å². The normalized spacial score (nSPS) is 20.4. The summed E-state index contributed by atoms with van der Waals surface area (Å²) in [6, 6.07) is 1.78. The monoisotopic (exact) mass is 319 g/mol. The molecule has 1 atom stereocenters. The van der Waals surface area contributed by atoms with Gasteiger partial charge in [-0.2, -0.15) is 0 Å². The predicted octanol–water partition coefficient (Wildman–Crippen LogP) is 1.99. The lowest BCUT2D eigenvalue weighted by Gasteiger charge is -2.31. The second-order valence-corrected chi connectivity index (χ2v) is 5.31. The van der Waals surface area contributed by atoms with Crippen LogP contribution in [0, 0.1) is 0 Å². The first-order valence-electron chi connectivity index (χ1n) is 5.34. The van der Waals surface area contributed by atoms with Crippen molar-refractivity contribution in [3.8, 4) is 5.75 Å². The van der Waals surface area contributed by atoms with Gasteiger partial charge in [0.1, 0.15) is 5.75 Å². The summed E-state index contributed by atoms with van der Waals surface area (Å²) in [6.45, 7) is 1.90. The van der Waals surface area contributed by atoms with E-state index < -0.39 is 0 Å². The lowest BCUT2D eigenvalue weighted by atomic mass is 10.3. The maximum absolute atomic E-state index is 12.2. The van der Waals surface area contributed by atoms with E-state index in [0.717, 1.165) is 16.0 Å². The quantitative estimate of drug-likeness (QED) is 0.800. The molecule has 2 rings (SSSR count). The third-order valence-electron chi connectivity index (χ3n) is 2.62.